The van der Waals surface area contributed by atoms with E-state index in [0.29, 0.717) is 19.8 Å². The number of ether oxygens (including phenoxy) is 3. The molecule has 7 heteroatoms. The number of rotatable bonds is 5. The topological polar surface area (TPSA) is 58.4 Å². The van der Waals surface area contributed by atoms with Gasteiger partial charge in [-0.25, -0.2) is 9.07 Å². The molecular weight excluding hydrogens is 397 g/mol. The first-order valence-electron chi connectivity index (χ1n) is 10.4. The lowest BCUT2D eigenvalue weighted by Crippen LogP contribution is -2.36. The Labute approximate surface area is 180 Å². The summed E-state index contributed by atoms with van der Waals surface area (Å²) in [6.45, 7) is 1.89. The Bertz CT molecular complexity index is 1090. The molecule has 2 aliphatic rings. The van der Waals surface area contributed by atoms with Crippen molar-refractivity contribution in [3.05, 3.63) is 89.2 Å². The van der Waals surface area contributed by atoms with Crippen LogP contribution >= 0.6 is 0 Å². The highest BCUT2D eigenvalue weighted by Gasteiger charge is 2.37. The summed E-state index contributed by atoms with van der Waals surface area (Å²) in [4.78, 5) is 0. The third-order valence-corrected chi connectivity index (χ3v) is 6.15. The van der Waals surface area contributed by atoms with E-state index in [9.17, 15) is 4.39 Å². The van der Waals surface area contributed by atoms with E-state index in [0.717, 1.165) is 41.0 Å². The molecule has 1 unspecified atom stereocenters. The molecule has 2 aliphatic heterocycles. The molecule has 0 saturated carbocycles. The highest BCUT2D eigenvalue weighted by molar-refractivity contribution is 5.49. The fourth-order valence-corrected chi connectivity index (χ4v) is 4.33. The molecule has 3 heterocycles. The maximum Gasteiger partial charge on any atom is 0.130 e. The van der Waals surface area contributed by atoms with E-state index >= 15 is 0 Å². The van der Waals surface area contributed by atoms with Crippen molar-refractivity contribution in [2.45, 2.75) is 30.9 Å². The second-order valence-electron chi connectivity index (χ2n) is 7.96. The predicted octanol–water partition coefficient (Wildman–Crippen LogP) is 4.16. The number of allylic oxidation sites excluding steroid dienone is 1. The van der Waals surface area contributed by atoms with E-state index in [1.165, 1.54) is 12.1 Å². The Morgan fingerprint density at radius 1 is 1.16 bits per heavy atom. The number of fused-ring (bicyclic) bond motifs is 1. The highest BCUT2D eigenvalue weighted by atomic mass is 19.1. The van der Waals surface area contributed by atoms with Crippen LogP contribution in [-0.2, 0) is 21.6 Å². The van der Waals surface area contributed by atoms with Gasteiger partial charge in [0.25, 0.3) is 0 Å². The molecular formula is C24H24FN3O3. The predicted molar refractivity (Wildman–Crippen MR) is 112 cm³/mol. The van der Waals surface area contributed by atoms with Crippen LogP contribution < -0.4 is 4.74 Å². The summed E-state index contributed by atoms with van der Waals surface area (Å²) in [5.41, 5.74) is 3.55. The SMILES string of the molecule is COC1(c2cn(Cc3ccc4c(c3)OC=CC4c3ccc(F)cc3)nn2)CCOCC1. The van der Waals surface area contributed by atoms with Crippen molar-refractivity contribution in [1.82, 2.24) is 15.0 Å². The normalized spacial score (nSPS) is 19.6. The Morgan fingerprint density at radius 3 is 2.74 bits per heavy atom. The lowest BCUT2D eigenvalue weighted by molar-refractivity contribution is -0.0973. The molecule has 6 nitrogen and oxygen atoms in total. The number of halogens is 1. The summed E-state index contributed by atoms with van der Waals surface area (Å²) >= 11 is 0. The van der Waals surface area contributed by atoms with Gasteiger partial charge in [0.2, 0.25) is 0 Å². The van der Waals surface area contributed by atoms with E-state index in [1.54, 1.807) is 13.4 Å². The zero-order chi connectivity index (χ0) is 21.3. The molecule has 160 valence electrons. The summed E-state index contributed by atoms with van der Waals surface area (Å²) < 4.78 is 32.2. The third-order valence-electron chi connectivity index (χ3n) is 6.15. The molecule has 1 aromatic heterocycles. The minimum atomic E-state index is -0.428. The molecule has 0 spiro atoms. The van der Waals surface area contributed by atoms with Crippen LogP contribution in [0.2, 0.25) is 0 Å². The molecule has 1 saturated heterocycles. The van der Waals surface area contributed by atoms with Gasteiger partial charge in [0.1, 0.15) is 22.9 Å². The van der Waals surface area contributed by atoms with E-state index in [4.69, 9.17) is 14.2 Å². The van der Waals surface area contributed by atoms with Crippen LogP contribution in [0.15, 0.2) is 61.0 Å². The van der Waals surface area contributed by atoms with Crippen molar-refractivity contribution in [1.29, 1.82) is 0 Å². The third kappa shape index (κ3) is 3.86. The first-order valence-corrected chi connectivity index (χ1v) is 10.4. The second-order valence-corrected chi connectivity index (χ2v) is 7.96. The van der Waals surface area contributed by atoms with E-state index in [2.05, 4.69) is 22.4 Å². The Morgan fingerprint density at radius 2 is 1.97 bits per heavy atom. The van der Waals surface area contributed by atoms with Crippen molar-refractivity contribution in [3.63, 3.8) is 0 Å². The number of hydrogen-bond donors (Lipinski definition) is 0. The van der Waals surface area contributed by atoms with Gasteiger partial charge in [-0.3, -0.25) is 0 Å². The molecule has 0 amide bonds. The molecule has 0 bridgehead atoms. The Kier molecular flexibility index (Phi) is 5.29. The average Bonchev–Trinajstić information content (AvgIpc) is 3.29. The molecule has 3 aromatic rings. The zero-order valence-corrected chi connectivity index (χ0v) is 17.3. The molecule has 0 aliphatic carbocycles. The minimum Gasteiger partial charge on any atom is -0.465 e. The fraction of sp³-hybridized carbons (Fsp3) is 0.333. The van der Waals surface area contributed by atoms with Gasteiger partial charge in [-0.15, -0.1) is 5.10 Å². The minimum absolute atomic E-state index is 0.0338. The number of methoxy groups -OCH3 is 1. The number of aromatic nitrogens is 3. The fourth-order valence-electron chi connectivity index (χ4n) is 4.33. The molecule has 1 atom stereocenters. The van der Waals surface area contributed by atoms with Gasteiger partial charge in [-0.2, -0.15) is 0 Å². The van der Waals surface area contributed by atoms with E-state index < -0.39 is 5.60 Å². The maximum atomic E-state index is 13.3. The highest BCUT2D eigenvalue weighted by Crippen LogP contribution is 2.37. The number of nitrogens with zero attached hydrogens (tertiary/aromatic N) is 3. The lowest BCUT2D eigenvalue weighted by atomic mass is 9.89. The monoisotopic (exact) mass is 421 g/mol. The lowest BCUT2D eigenvalue weighted by Gasteiger charge is -2.33. The van der Waals surface area contributed by atoms with Gasteiger partial charge >= 0.3 is 0 Å². The van der Waals surface area contributed by atoms with Crippen LogP contribution in [0, 0.1) is 5.82 Å². The van der Waals surface area contributed by atoms with Crippen LogP contribution in [0.3, 0.4) is 0 Å². The Hall–Kier alpha value is -3.03. The van der Waals surface area contributed by atoms with Crippen molar-refractivity contribution in [3.8, 4) is 5.75 Å². The van der Waals surface area contributed by atoms with Gasteiger partial charge in [0, 0.05) is 44.6 Å². The van der Waals surface area contributed by atoms with Gasteiger partial charge in [0.05, 0.1) is 19.0 Å². The van der Waals surface area contributed by atoms with Gasteiger partial charge < -0.3 is 14.2 Å². The summed E-state index contributed by atoms with van der Waals surface area (Å²) in [6, 6.07) is 12.8. The molecule has 2 aromatic carbocycles. The summed E-state index contributed by atoms with van der Waals surface area (Å²) in [5.74, 6) is 0.595. The van der Waals surface area contributed by atoms with Crippen molar-refractivity contribution in [2.75, 3.05) is 20.3 Å². The van der Waals surface area contributed by atoms with Crippen molar-refractivity contribution in [2.24, 2.45) is 0 Å². The Balaban J connectivity index is 1.36. The zero-order valence-electron chi connectivity index (χ0n) is 17.3. The molecule has 1 fully saturated rings. The number of hydrogen-bond acceptors (Lipinski definition) is 5. The average molecular weight is 421 g/mol. The molecule has 31 heavy (non-hydrogen) atoms. The maximum absolute atomic E-state index is 13.3. The standard InChI is InChI=1S/C24H24FN3O3/c1-29-24(9-12-30-13-10-24)23-16-28(27-26-23)15-17-2-7-21-20(8-11-31-22(21)14-17)18-3-5-19(25)6-4-18/h2-8,11,14,16,20H,9-10,12-13,15H2,1H3. The van der Waals surface area contributed by atoms with Crippen LogP contribution in [-0.4, -0.2) is 35.3 Å². The molecule has 0 radical (unpaired) electrons. The summed E-state index contributed by atoms with van der Waals surface area (Å²) in [6.07, 6.45) is 7.17. The van der Waals surface area contributed by atoms with Gasteiger partial charge in [-0.1, -0.05) is 29.5 Å². The van der Waals surface area contributed by atoms with Crippen LogP contribution in [0.1, 0.15) is 41.1 Å². The van der Waals surface area contributed by atoms with E-state index in [1.807, 2.05) is 35.2 Å². The first-order chi connectivity index (χ1) is 15.2. The summed E-state index contributed by atoms with van der Waals surface area (Å²) in [5, 5.41) is 8.70. The van der Waals surface area contributed by atoms with Gasteiger partial charge in [-0.05, 0) is 35.4 Å². The smallest absolute Gasteiger partial charge is 0.130 e. The largest absolute Gasteiger partial charge is 0.465 e. The molecule has 0 N–H and O–H groups in total. The summed E-state index contributed by atoms with van der Waals surface area (Å²) in [7, 11) is 1.72. The van der Waals surface area contributed by atoms with Crippen molar-refractivity contribution >= 4 is 0 Å². The van der Waals surface area contributed by atoms with E-state index in [-0.39, 0.29) is 11.7 Å². The van der Waals surface area contributed by atoms with Gasteiger partial charge in [0.15, 0.2) is 0 Å². The number of benzene rings is 2. The van der Waals surface area contributed by atoms with Crippen LogP contribution in [0.5, 0.6) is 5.75 Å². The first kappa shape index (κ1) is 19.9. The quantitative estimate of drug-likeness (QED) is 0.619. The molecule has 5 rings (SSSR count). The second kappa shape index (κ2) is 8.24. The van der Waals surface area contributed by atoms with Crippen molar-refractivity contribution < 1.29 is 18.6 Å². The van der Waals surface area contributed by atoms with Crippen LogP contribution in [0.4, 0.5) is 4.39 Å². The van der Waals surface area contributed by atoms with Crippen LogP contribution in [0.25, 0.3) is 0 Å².